The van der Waals surface area contributed by atoms with Crippen molar-refractivity contribution < 1.29 is 14.5 Å². The number of carbonyl (C=O) groups is 2. The molecule has 0 heterocycles. The van der Waals surface area contributed by atoms with Gasteiger partial charge in [-0.1, -0.05) is 42.5 Å². The van der Waals surface area contributed by atoms with Crippen molar-refractivity contribution in [2.45, 2.75) is 12.8 Å². The fourth-order valence-corrected chi connectivity index (χ4v) is 2.14. The van der Waals surface area contributed by atoms with Gasteiger partial charge < -0.3 is 10.6 Å². The van der Waals surface area contributed by atoms with E-state index in [0.29, 0.717) is 13.0 Å². The van der Waals surface area contributed by atoms with Crippen LogP contribution in [0.2, 0.25) is 0 Å². The number of aryl methyl sites for hydroxylation is 1. The van der Waals surface area contributed by atoms with Gasteiger partial charge in [-0.15, -0.1) is 0 Å². The molecule has 0 unspecified atom stereocenters. The van der Waals surface area contributed by atoms with Gasteiger partial charge in [0.1, 0.15) is 5.69 Å². The minimum absolute atomic E-state index is 0.00747. The highest BCUT2D eigenvalue weighted by molar-refractivity contribution is 6.39. The van der Waals surface area contributed by atoms with Gasteiger partial charge in [-0.2, -0.15) is 0 Å². The van der Waals surface area contributed by atoms with Crippen molar-refractivity contribution >= 4 is 23.2 Å². The zero-order valence-corrected chi connectivity index (χ0v) is 12.9. The maximum absolute atomic E-state index is 11.8. The molecule has 0 atom stereocenters. The Morgan fingerprint density at radius 2 is 1.62 bits per heavy atom. The lowest BCUT2D eigenvalue weighted by Crippen LogP contribution is -2.36. The van der Waals surface area contributed by atoms with Crippen LogP contribution >= 0.6 is 0 Å². The molecule has 24 heavy (non-hydrogen) atoms. The summed E-state index contributed by atoms with van der Waals surface area (Å²) in [6.45, 7) is 0.345. The first-order valence-corrected chi connectivity index (χ1v) is 7.44. The van der Waals surface area contributed by atoms with Crippen molar-refractivity contribution in [2.24, 2.45) is 0 Å². The van der Waals surface area contributed by atoms with Crippen LogP contribution in [0.3, 0.4) is 0 Å². The number of hydrogen-bond acceptors (Lipinski definition) is 4. The molecule has 2 amide bonds. The Hall–Kier alpha value is -3.22. The van der Waals surface area contributed by atoms with E-state index in [2.05, 4.69) is 10.6 Å². The van der Waals surface area contributed by atoms with Gasteiger partial charge in [0.05, 0.1) is 4.92 Å². The SMILES string of the molecule is O=C(NCCCc1ccccc1)C(=O)Nc1ccccc1[N+](=O)[O-]. The van der Waals surface area contributed by atoms with Gasteiger partial charge in [0.25, 0.3) is 5.69 Å². The highest BCUT2D eigenvalue weighted by Crippen LogP contribution is 2.22. The van der Waals surface area contributed by atoms with Crippen molar-refractivity contribution in [1.29, 1.82) is 0 Å². The zero-order valence-electron chi connectivity index (χ0n) is 12.9. The van der Waals surface area contributed by atoms with Gasteiger partial charge in [0, 0.05) is 12.6 Å². The predicted molar refractivity (Wildman–Crippen MR) is 89.5 cm³/mol. The van der Waals surface area contributed by atoms with Crippen LogP contribution in [0.1, 0.15) is 12.0 Å². The maximum Gasteiger partial charge on any atom is 0.313 e. The first-order chi connectivity index (χ1) is 11.6. The molecule has 2 N–H and O–H groups in total. The Balaban J connectivity index is 1.80. The summed E-state index contributed by atoms with van der Waals surface area (Å²) in [6, 6.07) is 15.4. The molecule has 7 heteroatoms. The summed E-state index contributed by atoms with van der Waals surface area (Å²) in [7, 11) is 0. The standard InChI is InChI=1S/C17H17N3O4/c21-16(18-12-6-9-13-7-2-1-3-8-13)17(22)19-14-10-4-5-11-15(14)20(23)24/h1-5,7-8,10-11H,6,9,12H2,(H,18,21)(H,19,22). The Morgan fingerprint density at radius 1 is 0.958 bits per heavy atom. The van der Waals surface area contributed by atoms with Crippen LogP contribution < -0.4 is 10.6 Å². The number of nitrogens with zero attached hydrogens (tertiary/aromatic N) is 1. The predicted octanol–water partition coefficient (Wildman–Crippen LogP) is 2.28. The van der Waals surface area contributed by atoms with Crippen LogP contribution in [0, 0.1) is 10.1 Å². The summed E-state index contributed by atoms with van der Waals surface area (Å²) in [6.07, 6.45) is 1.47. The van der Waals surface area contributed by atoms with E-state index in [4.69, 9.17) is 0 Å². The van der Waals surface area contributed by atoms with Gasteiger partial charge in [-0.3, -0.25) is 19.7 Å². The second-order valence-electron chi connectivity index (χ2n) is 5.07. The molecular weight excluding hydrogens is 310 g/mol. The second-order valence-corrected chi connectivity index (χ2v) is 5.07. The maximum atomic E-state index is 11.8. The Labute approximate surface area is 138 Å². The minimum Gasteiger partial charge on any atom is -0.348 e. The van der Waals surface area contributed by atoms with E-state index in [-0.39, 0.29) is 11.4 Å². The molecule has 0 saturated heterocycles. The molecule has 7 nitrogen and oxygen atoms in total. The van der Waals surface area contributed by atoms with Gasteiger partial charge in [-0.05, 0) is 24.5 Å². The lowest BCUT2D eigenvalue weighted by atomic mass is 10.1. The van der Waals surface area contributed by atoms with Crippen molar-refractivity contribution in [2.75, 3.05) is 11.9 Å². The third-order valence-corrected chi connectivity index (χ3v) is 3.33. The number of nitro groups is 1. The number of carbonyl (C=O) groups excluding carboxylic acids is 2. The minimum atomic E-state index is -0.927. The van der Waals surface area contributed by atoms with Crippen molar-refractivity contribution in [3.63, 3.8) is 0 Å². The molecule has 0 fully saturated rings. The monoisotopic (exact) mass is 327 g/mol. The van der Waals surface area contributed by atoms with E-state index in [9.17, 15) is 19.7 Å². The van der Waals surface area contributed by atoms with Gasteiger partial charge in [-0.25, -0.2) is 0 Å². The fourth-order valence-electron chi connectivity index (χ4n) is 2.14. The van der Waals surface area contributed by atoms with E-state index in [1.54, 1.807) is 6.07 Å². The number of anilines is 1. The molecular formula is C17H17N3O4. The fraction of sp³-hybridized carbons (Fsp3) is 0.176. The zero-order chi connectivity index (χ0) is 17.4. The topological polar surface area (TPSA) is 101 Å². The largest absolute Gasteiger partial charge is 0.348 e. The summed E-state index contributed by atoms with van der Waals surface area (Å²) in [5, 5.41) is 15.6. The molecule has 0 spiro atoms. The molecule has 2 aromatic rings. The number of rotatable bonds is 6. The molecule has 0 aliphatic rings. The Kier molecular flexibility index (Phi) is 6.01. The highest BCUT2D eigenvalue weighted by atomic mass is 16.6. The van der Waals surface area contributed by atoms with Gasteiger partial charge in [0.15, 0.2) is 0 Å². The molecule has 2 aromatic carbocycles. The van der Waals surface area contributed by atoms with Crippen molar-refractivity contribution in [1.82, 2.24) is 5.32 Å². The van der Waals surface area contributed by atoms with Crippen LogP contribution in [0.5, 0.6) is 0 Å². The van der Waals surface area contributed by atoms with E-state index in [0.717, 1.165) is 12.0 Å². The smallest absolute Gasteiger partial charge is 0.313 e. The average molecular weight is 327 g/mol. The molecule has 0 saturated carbocycles. The average Bonchev–Trinajstić information content (AvgIpc) is 2.59. The summed E-state index contributed by atoms with van der Waals surface area (Å²) in [5.41, 5.74) is 0.880. The lowest BCUT2D eigenvalue weighted by Gasteiger charge is -2.07. The Morgan fingerprint density at radius 3 is 2.33 bits per heavy atom. The quantitative estimate of drug-likeness (QED) is 0.368. The highest BCUT2D eigenvalue weighted by Gasteiger charge is 2.18. The summed E-state index contributed by atoms with van der Waals surface area (Å²) < 4.78 is 0. The molecule has 124 valence electrons. The number of nitrogens with one attached hydrogen (secondary N) is 2. The molecule has 0 bridgehead atoms. The van der Waals surface area contributed by atoms with Crippen molar-refractivity contribution in [3.8, 4) is 0 Å². The number of hydrogen-bond donors (Lipinski definition) is 2. The first kappa shape index (κ1) is 17.1. The normalized spacial score (nSPS) is 10.0. The molecule has 0 aromatic heterocycles. The van der Waals surface area contributed by atoms with Crippen molar-refractivity contribution in [3.05, 3.63) is 70.3 Å². The van der Waals surface area contributed by atoms with E-state index < -0.39 is 16.7 Å². The summed E-state index contributed by atoms with van der Waals surface area (Å²) in [4.78, 5) is 33.8. The van der Waals surface area contributed by atoms with Crippen LogP contribution in [0.4, 0.5) is 11.4 Å². The van der Waals surface area contributed by atoms with Crippen LogP contribution in [-0.4, -0.2) is 23.3 Å². The molecule has 0 radical (unpaired) electrons. The third kappa shape index (κ3) is 4.91. The second kappa shape index (κ2) is 8.42. The Bertz CT molecular complexity index is 732. The van der Waals surface area contributed by atoms with Crippen LogP contribution in [0.15, 0.2) is 54.6 Å². The van der Waals surface area contributed by atoms with E-state index in [1.807, 2.05) is 30.3 Å². The van der Waals surface area contributed by atoms with Gasteiger partial charge >= 0.3 is 11.8 Å². The van der Waals surface area contributed by atoms with E-state index in [1.165, 1.54) is 18.2 Å². The van der Waals surface area contributed by atoms with Gasteiger partial charge in [0.2, 0.25) is 0 Å². The summed E-state index contributed by atoms with van der Waals surface area (Å²) in [5.74, 6) is -1.75. The number of para-hydroxylation sites is 2. The number of benzene rings is 2. The summed E-state index contributed by atoms with van der Waals surface area (Å²) >= 11 is 0. The lowest BCUT2D eigenvalue weighted by molar-refractivity contribution is -0.383. The third-order valence-electron chi connectivity index (χ3n) is 3.33. The van der Waals surface area contributed by atoms with Crippen LogP contribution in [0.25, 0.3) is 0 Å². The first-order valence-electron chi connectivity index (χ1n) is 7.44. The van der Waals surface area contributed by atoms with E-state index >= 15 is 0 Å². The molecule has 2 rings (SSSR count). The number of nitro benzene ring substituents is 1. The molecule has 0 aliphatic carbocycles. The van der Waals surface area contributed by atoms with Crippen LogP contribution in [-0.2, 0) is 16.0 Å². The molecule has 0 aliphatic heterocycles. The number of amides is 2.